The van der Waals surface area contributed by atoms with E-state index in [1.54, 1.807) is 0 Å². The maximum Gasteiger partial charge on any atom is 0.220 e. The van der Waals surface area contributed by atoms with E-state index < -0.39 is 0 Å². The van der Waals surface area contributed by atoms with Gasteiger partial charge in [0.2, 0.25) is 5.91 Å². The van der Waals surface area contributed by atoms with Crippen LogP contribution in [0.15, 0.2) is 78.9 Å². The zero-order valence-corrected chi connectivity index (χ0v) is 21.7. The summed E-state index contributed by atoms with van der Waals surface area (Å²) >= 11 is 0. The number of carbonyl (C=O) groups excluding carboxylic acids is 1. The molecule has 0 bridgehead atoms. The fourth-order valence-corrected chi connectivity index (χ4v) is 4.33. The van der Waals surface area contributed by atoms with Gasteiger partial charge in [-0.25, -0.2) is 4.98 Å². The van der Waals surface area contributed by atoms with Crippen molar-refractivity contribution in [2.24, 2.45) is 0 Å². The Morgan fingerprint density at radius 2 is 1.64 bits per heavy atom. The van der Waals surface area contributed by atoms with Gasteiger partial charge in [-0.3, -0.25) is 4.79 Å². The van der Waals surface area contributed by atoms with E-state index in [4.69, 9.17) is 9.72 Å². The third-order valence-corrected chi connectivity index (χ3v) is 6.40. The molecule has 0 atom stereocenters. The van der Waals surface area contributed by atoms with Gasteiger partial charge in [-0.1, -0.05) is 75.4 Å². The average molecular weight is 484 g/mol. The Balaban J connectivity index is 1.29. The topological polar surface area (TPSA) is 56.1 Å². The van der Waals surface area contributed by atoms with Gasteiger partial charge in [-0.2, -0.15) is 0 Å². The molecule has 1 heterocycles. The Hall–Kier alpha value is -3.60. The number of fused-ring (bicyclic) bond motifs is 1. The summed E-state index contributed by atoms with van der Waals surface area (Å²) in [5, 5.41) is 3.06. The highest BCUT2D eigenvalue weighted by Gasteiger charge is 2.13. The van der Waals surface area contributed by atoms with Gasteiger partial charge in [0, 0.05) is 25.9 Å². The minimum absolute atomic E-state index is 0.0763. The molecule has 0 aliphatic rings. The van der Waals surface area contributed by atoms with Crippen LogP contribution >= 0.6 is 0 Å². The maximum atomic E-state index is 12.3. The van der Waals surface area contributed by atoms with E-state index in [0.717, 1.165) is 42.0 Å². The summed E-state index contributed by atoms with van der Waals surface area (Å²) in [7, 11) is 0. The highest BCUT2D eigenvalue weighted by molar-refractivity contribution is 5.77. The lowest BCUT2D eigenvalue weighted by atomic mass is 9.87. The van der Waals surface area contributed by atoms with Gasteiger partial charge in [0.25, 0.3) is 0 Å². The number of hydrogen-bond donors (Lipinski definition) is 1. The van der Waals surface area contributed by atoms with E-state index in [1.165, 1.54) is 11.1 Å². The lowest BCUT2D eigenvalue weighted by Gasteiger charge is -2.19. The van der Waals surface area contributed by atoms with E-state index in [-0.39, 0.29) is 11.3 Å². The number of rotatable bonds is 11. The van der Waals surface area contributed by atoms with E-state index in [1.807, 2.05) is 36.4 Å². The predicted octanol–water partition coefficient (Wildman–Crippen LogP) is 6.09. The maximum absolute atomic E-state index is 12.3. The highest BCUT2D eigenvalue weighted by Crippen LogP contribution is 2.24. The van der Waals surface area contributed by atoms with Gasteiger partial charge in [0.1, 0.15) is 11.6 Å². The average Bonchev–Trinajstić information content (AvgIpc) is 3.23. The SMILES string of the molecule is CC(C)(C)c1ccc(OCCCn2c(CCNC(=O)CCc3ccccc3)nc3ccccc32)cc1. The van der Waals surface area contributed by atoms with Gasteiger partial charge >= 0.3 is 0 Å². The van der Waals surface area contributed by atoms with Gasteiger partial charge in [-0.05, 0) is 53.6 Å². The number of carbonyl (C=O) groups is 1. The number of benzene rings is 3. The summed E-state index contributed by atoms with van der Waals surface area (Å²) in [6.07, 6.45) is 2.82. The van der Waals surface area contributed by atoms with E-state index in [0.29, 0.717) is 26.0 Å². The summed E-state index contributed by atoms with van der Waals surface area (Å²) in [5.74, 6) is 1.97. The summed E-state index contributed by atoms with van der Waals surface area (Å²) in [6, 6.07) is 26.7. The first-order chi connectivity index (χ1) is 17.4. The highest BCUT2D eigenvalue weighted by atomic mass is 16.5. The number of imidazole rings is 1. The largest absolute Gasteiger partial charge is 0.494 e. The summed E-state index contributed by atoms with van der Waals surface area (Å²) < 4.78 is 8.27. The van der Waals surface area contributed by atoms with Crippen molar-refractivity contribution in [3.05, 3.63) is 95.8 Å². The van der Waals surface area contributed by atoms with Crippen LogP contribution < -0.4 is 10.1 Å². The van der Waals surface area contributed by atoms with Crippen LogP contribution in [0, 0.1) is 0 Å². The van der Waals surface area contributed by atoms with Crippen molar-refractivity contribution in [3.63, 3.8) is 0 Å². The second-order valence-electron chi connectivity index (χ2n) is 10.2. The summed E-state index contributed by atoms with van der Waals surface area (Å²) in [5.41, 5.74) is 4.73. The summed E-state index contributed by atoms with van der Waals surface area (Å²) in [4.78, 5) is 17.2. The zero-order valence-electron chi connectivity index (χ0n) is 21.7. The number of nitrogens with one attached hydrogen (secondary N) is 1. The van der Waals surface area contributed by atoms with Crippen LogP contribution in [0.3, 0.4) is 0 Å². The first kappa shape index (κ1) is 25.5. The molecule has 0 saturated heterocycles. The Morgan fingerprint density at radius 3 is 2.39 bits per heavy atom. The first-order valence-electron chi connectivity index (χ1n) is 12.9. The molecule has 0 radical (unpaired) electrons. The van der Waals surface area contributed by atoms with E-state index >= 15 is 0 Å². The smallest absolute Gasteiger partial charge is 0.220 e. The molecule has 36 heavy (non-hydrogen) atoms. The monoisotopic (exact) mass is 483 g/mol. The van der Waals surface area contributed by atoms with Gasteiger partial charge in [0.15, 0.2) is 0 Å². The Kier molecular flexibility index (Phi) is 8.42. The van der Waals surface area contributed by atoms with Crippen LogP contribution in [0.4, 0.5) is 0 Å². The van der Waals surface area contributed by atoms with E-state index in [2.05, 4.69) is 73.1 Å². The number of amides is 1. The molecule has 0 unspecified atom stereocenters. The molecular weight excluding hydrogens is 446 g/mol. The van der Waals surface area contributed by atoms with Crippen LogP contribution in [-0.4, -0.2) is 28.6 Å². The Morgan fingerprint density at radius 1 is 0.917 bits per heavy atom. The normalized spacial score (nSPS) is 11.5. The standard InChI is InChI=1S/C31H37N3O2/c1-31(2,3)25-15-17-26(18-16-25)36-23-9-22-34-28-13-8-7-12-27(28)33-29(34)20-21-32-30(35)19-14-24-10-5-4-6-11-24/h4-8,10-13,15-18H,9,14,19-23H2,1-3H3,(H,32,35). The molecular formula is C31H37N3O2. The van der Waals surface area contributed by atoms with Crippen molar-refractivity contribution >= 4 is 16.9 Å². The number of nitrogens with zero attached hydrogens (tertiary/aromatic N) is 2. The second kappa shape index (κ2) is 11.9. The third kappa shape index (κ3) is 6.97. The molecule has 0 saturated carbocycles. The lowest BCUT2D eigenvalue weighted by molar-refractivity contribution is -0.121. The van der Waals surface area contributed by atoms with Crippen LogP contribution in [0.5, 0.6) is 5.75 Å². The number of hydrogen-bond acceptors (Lipinski definition) is 3. The molecule has 4 rings (SSSR count). The molecule has 5 heteroatoms. The Labute approximate surface area is 214 Å². The molecule has 0 fully saturated rings. The number of para-hydroxylation sites is 2. The van der Waals surface area contributed by atoms with Gasteiger partial charge in [0.05, 0.1) is 17.6 Å². The molecule has 1 N–H and O–H groups in total. The lowest BCUT2D eigenvalue weighted by Crippen LogP contribution is -2.26. The molecule has 1 amide bonds. The molecule has 0 spiro atoms. The van der Waals surface area contributed by atoms with E-state index in [9.17, 15) is 4.79 Å². The molecule has 3 aromatic carbocycles. The van der Waals surface area contributed by atoms with Crippen LogP contribution in [-0.2, 0) is 29.6 Å². The second-order valence-corrected chi connectivity index (χ2v) is 10.2. The third-order valence-electron chi connectivity index (χ3n) is 6.40. The fourth-order valence-electron chi connectivity index (χ4n) is 4.33. The summed E-state index contributed by atoms with van der Waals surface area (Å²) in [6.45, 7) is 8.67. The molecule has 5 nitrogen and oxygen atoms in total. The van der Waals surface area contributed by atoms with Crippen molar-refractivity contribution in [2.45, 2.75) is 58.4 Å². The quantitative estimate of drug-likeness (QED) is 0.263. The molecule has 4 aromatic rings. The number of aromatic nitrogens is 2. The van der Waals surface area contributed by atoms with Gasteiger partial charge < -0.3 is 14.6 Å². The van der Waals surface area contributed by atoms with Crippen molar-refractivity contribution < 1.29 is 9.53 Å². The number of aryl methyl sites for hydroxylation is 2. The minimum atomic E-state index is 0.0763. The molecule has 0 aliphatic carbocycles. The fraction of sp³-hybridized carbons (Fsp3) is 0.355. The zero-order chi connectivity index (χ0) is 25.4. The minimum Gasteiger partial charge on any atom is -0.494 e. The van der Waals surface area contributed by atoms with Crippen LogP contribution in [0.2, 0.25) is 0 Å². The molecule has 1 aromatic heterocycles. The first-order valence-corrected chi connectivity index (χ1v) is 12.9. The van der Waals surface area contributed by atoms with Crippen LogP contribution in [0.1, 0.15) is 50.6 Å². The predicted molar refractivity (Wildman–Crippen MR) is 146 cm³/mol. The van der Waals surface area contributed by atoms with Crippen molar-refractivity contribution in [3.8, 4) is 5.75 Å². The number of ether oxygens (including phenoxy) is 1. The van der Waals surface area contributed by atoms with Crippen molar-refractivity contribution in [1.29, 1.82) is 0 Å². The van der Waals surface area contributed by atoms with Gasteiger partial charge in [-0.15, -0.1) is 0 Å². The van der Waals surface area contributed by atoms with Crippen molar-refractivity contribution in [2.75, 3.05) is 13.2 Å². The van der Waals surface area contributed by atoms with Crippen molar-refractivity contribution in [1.82, 2.24) is 14.9 Å². The van der Waals surface area contributed by atoms with Crippen LogP contribution in [0.25, 0.3) is 11.0 Å². The Bertz CT molecular complexity index is 1250. The molecule has 0 aliphatic heterocycles. The molecule has 188 valence electrons.